The van der Waals surface area contributed by atoms with E-state index in [1.807, 2.05) is 52.9 Å². The molecular formula is C19H19N5O2. The molecular weight excluding hydrogens is 330 g/mol. The maximum absolute atomic E-state index is 12.8. The molecule has 0 spiro atoms. The van der Waals surface area contributed by atoms with Crippen molar-refractivity contribution in [1.29, 1.82) is 0 Å². The second-order valence-electron chi connectivity index (χ2n) is 6.28. The zero-order valence-electron chi connectivity index (χ0n) is 14.5. The van der Waals surface area contributed by atoms with Crippen LogP contribution in [-0.4, -0.2) is 37.3 Å². The Morgan fingerprint density at radius 2 is 2.04 bits per heavy atom. The maximum Gasteiger partial charge on any atom is 0.254 e. The molecule has 0 radical (unpaired) electrons. The van der Waals surface area contributed by atoms with E-state index >= 15 is 0 Å². The van der Waals surface area contributed by atoms with Crippen LogP contribution < -0.4 is 4.74 Å². The van der Waals surface area contributed by atoms with E-state index in [2.05, 4.69) is 15.3 Å². The number of rotatable bonds is 4. The van der Waals surface area contributed by atoms with E-state index < -0.39 is 0 Å². The van der Waals surface area contributed by atoms with E-state index in [1.165, 1.54) is 0 Å². The predicted molar refractivity (Wildman–Crippen MR) is 94.5 cm³/mol. The molecule has 1 aliphatic rings. The Kier molecular flexibility index (Phi) is 4.35. The van der Waals surface area contributed by atoms with E-state index in [0.717, 1.165) is 17.0 Å². The number of hydrogen-bond donors (Lipinski definition) is 0. The van der Waals surface area contributed by atoms with E-state index in [9.17, 15) is 4.79 Å². The summed E-state index contributed by atoms with van der Waals surface area (Å²) < 4.78 is 7.58. The fourth-order valence-electron chi connectivity index (χ4n) is 2.94. The van der Waals surface area contributed by atoms with Gasteiger partial charge in [0.25, 0.3) is 5.91 Å². The third-order valence-corrected chi connectivity index (χ3v) is 4.44. The number of hydrogen-bond acceptors (Lipinski definition) is 5. The van der Waals surface area contributed by atoms with Crippen LogP contribution in [0.25, 0.3) is 0 Å². The third kappa shape index (κ3) is 3.28. The van der Waals surface area contributed by atoms with Gasteiger partial charge in [-0.05, 0) is 31.2 Å². The first-order valence-electron chi connectivity index (χ1n) is 8.51. The molecule has 0 fully saturated rings. The number of nitrogens with zero attached hydrogens (tertiary/aromatic N) is 5. The Morgan fingerprint density at radius 1 is 1.19 bits per heavy atom. The van der Waals surface area contributed by atoms with Crippen molar-refractivity contribution in [3.63, 3.8) is 0 Å². The lowest BCUT2D eigenvalue weighted by molar-refractivity contribution is 0.0704. The lowest BCUT2D eigenvalue weighted by atomic mass is 10.1. The number of carbonyl (C=O) groups is 1. The number of amides is 1. The summed E-state index contributed by atoms with van der Waals surface area (Å²) in [6.07, 6.45) is 3.35. The lowest BCUT2D eigenvalue weighted by Crippen LogP contribution is -2.38. The van der Waals surface area contributed by atoms with Crippen molar-refractivity contribution in [2.45, 2.75) is 26.6 Å². The van der Waals surface area contributed by atoms with Crippen molar-refractivity contribution in [2.75, 3.05) is 6.54 Å². The summed E-state index contributed by atoms with van der Waals surface area (Å²) in [5.41, 5.74) is 3.50. The minimum absolute atomic E-state index is 0.0246. The molecule has 7 nitrogen and oxygen atoms in total. The van der Waals surface area contributed by atoms with Gasteiger partial charge in [-0.15, -0.1) is 5.10 Å². The highest BCUT2D eigenvalue weighted by molar-refractivity contribution is 5.94. The molecule has 1 amide bonds. The molecule has 0 aliphatic carbocycles. The number of aromatic nitrogens is 4. The molecule has 0 saturated carbocycles. The number of aryl methyl sites for hydroxylation is 1. The van der Waals surface area contributed by atoms with Gasteiger partial charge in [0.15, 0.2) is 0 Å². The SMILES string of the molecule is Cc1ccc(C(=O)N2CCn3nnc(COc4cccnc4)c3C2)cc1. The molecule has 2 aromatic heterocycles. The fourth-order valence-corrected chi connectivity index (χ4v) is 2.94. The van der Waals surface area contributed by atoms with Gasteiger partial charge in [-0.2, -0.15) is 0 Å². The van der Waals surface area contributed by atoms with Gasteiger partial charge in [0.05, 0.1) is 25.0 Å². The zero-order chi connectivity index (χ0) is 17.9. The van der Waals surface area contributed by atoms with Gasteiger partial charge in [-0.3, -0.25) is 9.78 Å². The Morgan fingerprint density at radius 3 is 2.81 bits per heavy atom. The Labute approximate surface area is 151 Å². The highest BCUT2D eigenvalue weighted by Crippen LogP contribution is 2.19. The summed E-state index contributed by atoms with van der Waals surface area (Å²) in [4.78, 5) is 18.6. The topological polar surface area (TPSA) is 73.1 Å². The molecule has 0 saturated heterocycles. The van der Waals surface area contributed by atoms with Crippen LogP contribution in [0.3, 0.4) is 0 Å². The minimum atomic E-state index is 0.0246. The molecule has 26 heavy (non-hydrogen) atoms. The average molecular weight is 349 g/mol. The van der Waals surface area contributed by atoms with Crippen molar-refractivity contribution < 1.29 is 9.53 Å². The quantitative estimate of drug-likeness (QED) is 0.722. The summed E-state index contributed by atoms with van der Waals surface area (Å²) in [5.74, 6) is 0.703. The molecule has 3 heterocycles. The number of fused-ring (bicyclic) bond motifs is 1. The van der Waals surface area contributed by atoms with Crippen LogP contribution in [0, 0.1) is 6.92 Å². The van der Waals surface area contributed by atoms with Crippen molar-refractivity contribution in [2.24, 2.45) is 0 Å². The van der Waals surface area contributed by atoms with Crippen LogP contribution in [0.15, 0.2) is 48.8 Å². The first-order chi connectivity index (χ1) is 12.7. The van der Waals surface area contributed by atoms with Crippen LogP contribution in [0.4, 0.5) is 0 Å². The lowest BCUT2D eigenvalue weighted by Gasteiger charge is -2.27. The average Bonchev–Trinajstić information content (AvgIpc) is 3.09. The predicted octanol–water partition coefficient (Wildman–Crippen LogP) is 2.22. The molecule has 0 N–H and O–H groups in total. The molecule has 1 aromatic carbocycles. The molecule has 3 aromatic rings. The Bertz CT molecular complexity index is 905. The highest BCUT2D eigenvalue weighted by Gasteiger charge is 2.25. The molecule has 132 valence electrons. The van der Waals surface area contributed by atoms with Crippen LogP contribution in [0.1, 0.15) is 27.3 Å². The van der Waals surface area contributed by atoms with Gasteiger partial charge in [0.2, 0.25) is 0 Å². The summed E-state index contributed by atoms with van der Waals surface area (Å²) in [7, 11) is 0. The maximum atomic E-state index is 12.8. The molecule has 7 heteroatoms. The molecule has 0 unspecified atom stereocenters. The summed E-state index contributed by atoms with van der Waals surface area (Å²) >= 11 is 0. The Hall–Kier alpha value is -3.22. The van der Waals surface area contributed by atoms with Crippen LogP contribution in [-0.2, 0) is 19.7 Å². The summed E-state index contributed by atoms with van der Waals surface area (Å²) in [5, 5.41) is 8.40. The van der Waals surface area contributed by atoms with Gasteiger partial charge < -0.3 is 9.64 Å². The van der Waals surface area contributed by atoms with Crippen molar-refractivity contribution >= 4 is 5.91 Å². The highest BCUT2D eigenvalue weighted by atomic mass is 16.5. The number of pyridine rings is 1. The second-order valence-corrected chi connectivity index (χ2v) is 6.28. The molecule has 0 atom stereocenters. The standard InChI is InChI=1S/C19H19N5O2/c1-14-4-6-15(7-5-14)19(25)23-9-10-24-18(12-23)17(21-22-24)13-26-16-3-2-8-20-11-16/h2-8,11H,9-10,12-13H2,1H3. The largest absolute Gasteiger partial charge is 0.486 e. The van der Waals surface area contributed by atoms with Crippen molar-refractivity contribution in [1.82, 2.24) is 24.9 Å². The molecule has 1 aliphatic heterocycles. The second kappa shape index (κ2) is 6.95. The van der Waals surface area contributed by atoms with Gasteiger partial charge in [0.1, 0.15) is 18.1 Å². The van der Waals surface area contributed by atoms with E-state index in [-0.39, 0.29) is 5.91 Å². The van der Waals surface area contributed by atoms with Gasteiger partial charge in [0, 0.05) is 18.3 Å². The Balaban J connectivity index is 1.48. The van der Waals surface area contributed by atoms with Gasteiger partial charge in [-0.25, -0.2) is 4.68 Å². The third-order valence-electron chi connectivity index (χ3n) is 4.44. The van der Waals surface area contributed by atoms with Crippen LogP contribution >= 0.6 is 0 Å². The number of ether oxygens (including phenoxy) is 1. The fraction of sp³-hybridized carbons (Fsp3) is 0.263. The van der Waals surface area contributed by atoms with E-state index in [0.29, 0.717) is 37.6 Å². The van der Waals surface area contributed by atoms with Crippen LogP contribution in [0.5, 0.6) is 5.75 Å². The normalized spacial score (nSPS) is 13.3. The zero-order valence-corrected chi connectivity index (χ0v) is 14.5. The minimum Gasteiger partial charge on any atom is -0.486 e. The number of carbonyl (C=O) groups excluding carboxylic acids is 1. The van der Waals surface area contributed by atoms with E-state index in [1.54, 1.807) is 12.4 Å². The van der Waals surface area contributed by atoms with Crippen molar-refractivity contribution in [3.05, 3.63) is 71.3 Å². The smallest absolute Gasteiger partial charge is 0.254 e. The van der Waals surface area contributed by atoms with Gasteiger partial charge >= 0.3 is 0 Å². The summed E-state index contributed by atoms with van der Waals surface area (Å²) in [6.45, 7) is 4.03. The van der Waals surface area contributed by atoms with Crippen LogP contribution in [0.2, 0.25) is 0 Å². The molecule has 0 bridgehead atoms. The first kappa shape index (κ1) is 16.3. The summed E-state index contributed by atoms with van der Waals surface area (Å²) in [6, 6.07) is 11.3. The van der Waals surface area contributed by atoms with Crippen molar-refractivity contribution in [3.8, 4) is 5.75 Å². The molecule has 4 rings (SSSR count). The number of benzene rings is 1. The first-order valence-corrected chi connectivity index (χ1v) is 8.51. The monoisotopic (exact) mass is 349 g/mol. The van der Waals surface area contributed by atoms with E-state index in [4.69, 9.17) is 4.74 Å². The van der Waals surface area contributed by atoms with Gasteiger partial charge in [-0.1, -0.05) is 22.9 Å².